The van der Waals surface area contributed by atoms with Crippen molar-refractivity contribution in [3.63, 3.8) is 0 Å². The topological polar surface area (TPSA) is 78.5 Å². The molecule has 2 heterocycles. The number of H-pyrrole nitrogens is 1. The molecule has 1 aliphatic heterocycles. The lowest BCUT2D eigenvalue weighted by atomic mass is 10.2. The third kappa shape index (κ3) is 3.68. The molecule has 2 atom stereocenters. The molecule has 0 unspecified atom stereocenters. The molecule has 2 aromatic rings. The Labute approximate surface area is 139 Å². The number of aromatic amines is 1. The normalized spacial score (nSPS) is 21.3. The van der Waals surface area contributed by atoms with Crippen molar-refractivity contribution in [2.75, 3.05) is 25.4 Å². The fraction of sp³-hybridized carbons (Fsp3) is 0.500. The summed E-state index contributed by atoms with van der Waals surface area (Å²) < 4.78 is 5.44. The third-order valence-corrected chi connectivity index (χ3v) is 4.78. The zero-order valence-electron chi connectivity index (χ0n) is 13.3. The smallest absolute Gasteiger partial charge is 0.233 e. The first-order valence-corrected chi connectivity index (χ1v) is 8.72. The van der Waals surface area contributed by atoms with E-state index in [1.165, 1.54) is 17.3 Å². The zero-order valence-corrected chi connectivity index (χ0v) is 14.1. The van der Waals surface area contributed by atoms with Crippen molar-refractivity contribution in [2.24, 2.45) is 0 Å². The molecule has 3 rings (SSSR count). The number of aromatic nitrogens is 2. The number of carbonyl (C=O) groups is 1. The molecule has 2 N–H and O–H groups in total. The molecule has 1 amide bonds. The van der Waals surface area contributed by atoms with Crippen LogP contribution in [0, 0.1) is 6.92 Å². The van der Waals surface area contributed by atoms with Gasteiger partial charge in [-0.05, 0) is 31.5 Å². The maximum Gasteiger partial charge on any atom is 0.233 e. The molecule has 124 valence electrons. The monoisotopic (exact) mass is 335 g/mol. The summed E-state index contributed by atoms with van der Waals surface area (Å²) in [6.07, 6.45) is -0.874. The SMILES string of the molecule is CCO[C@@H]1CN(C(=O)CSc2nc3ccc(C)cc3[nH]2)C[C@H]1O. The second-order valence-electron chi connectivity index (χ2n) is 5.71. The highest BCUT2D eigenvalue weighted by atomic mass is 32.2. The number of hydrogen-bond acceptors (Lipinski definition) is 5. The summed E-state index contributed by atoms with van der Waals surface area (Å²) in [5.41, 5.74) is 3.05. The van der Waals surface area contributed by atoms with Gasteiger partial charge in [0.05, 0.1) is 22.9 Å². The Hall–Kier alpha value is -1.57. The number of ether oxygens (including phenoxy) is 1. The first kappa shape index (κ1) is 16.3. The van der Waals surface area contributed by atoms with Gasteiger partial charge in [-0.25, -0.2) is 4.98 Å². The van der Waals surface area contributed by atoms with Gasteiger partial charge in [0.2, 0.25) is 5.91 Å². The quantitative estimate of drug-likeness (QED) is 0.811. The van der Waals surface area contributed by atoms with Gasteiger partial charge in [0.1, 0.15) is 6.10 Å². The molecule has 23 heavy (non-hydrogen) atoms. The number of carbonyl (C=O) groups excluding carboxylic acids is 1. The molecule has 1 aromatic heterocycles. The summed E-state index contributed by atoms with van der Waals surface area (Å²) in [6.45, 7) is 5.24. The van der Waals surface area contributed by atoms with Gasteiger partial charge in [0, 0.05) is 19.7 Å². The molecular weight excluding hydrogens is 314 g/mol. The van der Waals surface area contributed by atoms with Crippen molar-refractivity contribution in [1.82, 2.24) is 14.9 Å². The van der Waals surface area contributed by atoms with Gasteiger partial charge in [-0.2, -0.15) is 0 Å². The van der Waals surface area contributed by atoms with Crippen molar-refractivity contribution in [3.05, 3.63) is 23.8 Å². The van der Waals surface area contributed by atoms with Crippen LogP contribution < -0.4 is 0 Å². The Kier molecular flexibility index (Phi) is 4.89. The van der Waals surface area contributed by atoms with E-state index in [2.05, 4.69) is 9.97 Å². The van der Waals surface area contributed by atoms with Gasteiger partial charge in [0.25, 0.3) is 0 Å². The van der Waals surface area contributed by atoms with Crippen molar-refractivity contribution in [3.8, 4) is 0 Å². The molecule has 0 radical (unpaired) electrons. The van der Waals surface area contributed by atoms with Crippen LogP contribution in [0.3, 0.4) is 0 Å². The summed E-state index contributed by atoms with van der Waals surface area (Å²) in [5, 5.41) is 10.6. The molecule has 0 bridgehead atoms. The molecular formula is C16H21N3O3S. The number of hydrogen-bond donors (Lipinski definition) is 2. The highest BCUT2D eigenvalue weighted by Gasteiger charge is 2.34. The number of rotatable bonds is 5. The lowest BCUT2D eigenvalue weighted by Gasteiger charge is -2.15. The van der Waals surface area contributed by atoms with Crippen molar-refractivity contribution < 1.29 is 14.6 Å². The lowest BCUT2D eigenvalue weighted by Crippen LogP contribution is -2.31. The van der Waals surface area contributed by atoms with Gasteiger partial charge >= 0.3 is 0 Å². The number of β-amino-alcohol motifs (C(OH)–C–C–N with tert-alkyl or cyclic N) is 1. The maximum absolute atomic E-state index is 12.3. The van der Waals surface area contributed by atoms with Gasteiger partial charge in [-0.15, -0.1) is 0 Å². The van der Waals surface area contributed by atoms with Crippen LogP contribution in [0.25, 0.3) is 11.0 Å². The molecule has 0 spiro atoms. The van der Waals surface area contributed by atoms with Gasteiger partial charge in [0.15, 0.2) is 5.16 Å². The summed E-state index contributed by atoms with van der Waals surface area (Å²) in [7, 11) is 0. The van der Waals surface area contributed by atoms with Crippen LogP contribution >= 0.6 is 11.8 Å². The van der Waals surface area contributed by atoms with E-state index in [0.29, 0.717) is 25.4 Å². The van der Waals surface area contributed by atoms with Crippen LogP contribution in [-0.4, -0.2) is 63.5 Å². The Morgan fingerprint density at radius 1 is 1.52 bits per heavy atom. The van der Waals surface area contributed by atoms with E-state index in [4.69, 9.17) is 4.74 Å². The molecule has 0 aliphatic carbocycles. The highest BCUT2D eigenvalue weighted by molar-refractivity contribution is 7.99. The number of fused-ring (bicyclic) bond motifs is 1. The van der Waals surface area contributed by atoms with Crippen LogP contribution in [0.5, 0.6) is 0 Å². The third-order valence-electron chi connectivity index (χ3n) is 3.92. The van der Waals surface area contributed by atoms with E-state index in [1.54, 1.807) is 4.90 Å². The molecule has 1 aliphatic rings. The van der Waals surface area contributed by atoms with Crippen LogP contribution in [0.15, 0.2) is 23.4 Å². The van der Waals surface area contributed by atoms with Crippen molar-refractivity contribution in [2.45, 2.75) is 31.2 Å². The van der Waals surface area contributed by atoms with Gasteiger partial charge in [-0.1, -0.05) is 17.8 Å². The summed E-state index contributed by atoms with van der Waals surface area (Å²) in [6, 6.07) is 6.02. The number of amides is 1. The number of imidazole rings is 1. The first-order valence-electron chi connectivity index (χ1n) is 7.73. The Bertz CT molecular complexity index is 703. The number of thioether (sulfide) groups is 1. The number of aryl methyl sites for hydroxylation is 1. The van der Waals surface area contributed by atoms with Crippen LogP contribution in [0.1, 0.15) is 12.5 Å². The molecule has 7 heteroatoms. The van der Waals surface area contributed by atoms with Crippen LogP contribution in [0.2, 0.25) is 0 Å². The number of aliphatic hydroxyl groups excluding tert-OH is 1. The van der Waals surface area contributed by atoms with Crippen LogP contribution in [-0.2, 0) is 9.53 Å². The lowest BCUT2D eigenvalue weighted by molar-refractivity contribution is -0.127. The fourth-order valence-corrected chi connectivity index (χ4v) is 3.52. The molecule has 1 fully saturated rings. The highest BCUT2D eigenvalue weighted by Crippen LogP contribution is 2.22. The number of nitrogens with one attached hydrogen (secondary N) is 1. The summed E-state index contributed by atoms with van der Waals surface area (Å²) in [5.74, 6) is 0.289. The van der Waals surface area contributed by atoms with E-state index in [-0.39, 0.29) is 12.0 Å². The van der Waals surface area contributed by atoms with Crippen LogP contribution in [0.4, 0.5) is 0 Å². The Morgan fingerprint density at radius 3 is 3.13 bits per heavy atom. The summed E-state index contributed by atoms with van der Waals surface area (Å²) >= 11 is 1.38. The number of likely N-dealkylation sites (tertiary alicyclic amines) is 1. The van der Waals surface area contributed by atoms with E-state index in [9.17, 15) is 9.90 Å². The Morgan fingerprint density at radius 2 is 2.35 bits per heavy atom. The molecule has 6 nitrogen and oxygen atoms in total. The minimum Gasteiger partial charge on any atom is -0.388 e. The van der Waals surface area contributed by atoms with E-state index < -0.39 is 6.10 Å². The zero-order chi connectivity index (χ0) is 16.4. The molecule has 0 saturated carbocycles. The predicted octanol–water partition coefficient (Wildman–Crippen LogP) is 1.57. The average molecular weight is 335 g/mol. The van der Waals surface area contributed by atoms with E-state index in [1.807, 2.05) is 32.0 Å². The minimum atomic E-state index is -0.599. The van der Waals surface area contributed by atoms with Crippen molar-refractivity contribution in [1.29, 1.82) is 0 Å². The predicted molar refractivity (Wildman–Crippen MR) is 89.6 cm³/mol. The maximum atomic E-state index is 12.3. The van der Waals surface area contributed by atoms with Crippen molar-refractivity contribution >= 4 is 28.7 Å². The number of benzene rings is 1. The Balaban J connectivity index is 1.58. The molecule has 1 saturated heterocycles. The number of aliphatic hydroxyl groups is 1. The van der Waals surface area contributed by atoms with Gasteiger partial charge < -0.3 is 19.7 Å². The fourth-order valence-electron chi connectivity index (χ4n) is 2.73. The molecule has 1 aromatic carbocycles. The van der Waals surface area contributed by atoms with E-state index in [0.717, 1.165) is 16.2 Å². The van der Waals surface area contributed by atoms with Gasteiger partial charge in [-0.3, -0.25) is 4.79 Å². The average Bonchev–Trinajstić information content (AvgIpc) is 3.08. The second-order valence-corrected chi connectivity index (χ2v) is 6.68. The van der Waals surface area contributed by atoms with E-state index >= 15 is 0 Å². The standard InChI is InChI=1S/C16H21N3O3S/c1-3-22-14-8-19(7-13(14)20)15(21)9-23-16-17-11-5-4-10(2)6-12(11)18-16/h4-6,13-14,20H,3,7-9H2,1-2H3,(H,17,18)/t13-,14-/m1/s1. The first-order chi connectivity index (χ1) is 11.1. The largest absolute Gasteiger partial charge is 0.388 e. The number of nitrogens with zero attached hydrogens (tertiary/aromatic N) is 2. The summed E-state index contributed by atoms with van der Waals surface area (Å²) in [4.78, 5) is 21.6. The minimum absolute atomic E-state index is 0.00658. The second kappa shape index (κ2) is 6.90.